The molecule has 0 bridgehead atoms. The molecule has 0 N–H and O–H groups in total. The molecule has 0 atom stereocenters. The van der Waals surface area contributed by atoms with Crippen molar-refractivity contribution in [2.24, 2.45) is 0 Å². The second kappa shape index (κ2) is 3.97. The van der Waals surface area contributed by atoms with E-state index in [4.69, 9.17) is 0 Å². The van der Waals surface area contributed by atoms with Crippen LogP contribution in [0.15, 0.2) is 22.2 Å². The van der Waals surface area contributed by atoms with Gasteiger partial charge in [-0.1, -0.05) is 15.9 Å². The van der Waals surface area contributed by atoms with Crippen molar-refractivity contribution in [1.29, 1.82) is 0 Å². The molecule has 15 heavy (non-hydrogen) atoms. The Morgan fingerprint density at radius 3 is 2.33 bits per heavy atom. The molecule has 80 valence electrons. The van der Waals surface area contributed by atoms with Gasteiger partial charge in [0, 0.05) is 21.4 Å². The van der Waals surface area contributed by atoms with Crippen LogP contribution in [0.5, 0.6) is 0 Å². The van der Waals surface area contributed by atoms with Gasteiger partial charge >= 0.3 is 0 Å². The maximum Gasteiger partial charge on any atom is 0.259 e. The van der Waals surface area contributed by atoms with Crippen LogP contribution in [0.1, 0.15) is 35.4 Å². The lowest BCUT2D eigenvalue weighted by Crippen LogP contribution is -2.15. The van der Waals surface area contributed by atoms with Crippen LogP contribution < -0.4 is 0 Å². The van der Waals surface area contributed by atoms with Gasteiger partial charge in [-0.3, -0.25) is 9.36 Å². The highest BCUT2D eigenvalue weighted by Crippen LogP contribution is 2.31. The van der Waals surface area contributed by atoms with E-state index in [0.717, 1.165) is 40.7 Å². The van der Waals surface area contributed by atoms with Gasteiger partial charge in [-0.25, -0.2) is 0 Å². The van der Waals surface area contributed by atoms with Crippen molar-refractivity contribution in [3.8, 4) is 0 Å². The number of carbonyl (C=O) groups excluding carboxylic acids is 1. The predicted molar refractivity (Wildman–Crippen MR) is 64.3 cm³/mol. The standard InChI is InChI=1S/C12H14BrNO/c1-8-6-7-9(2)14(8)12(15)10-4-3-5-11(10)13/h6-7H,3-5H2,1-2H3. The van der Waals surface area contributed by atoms with Crippen molar-refractivity contribution < 1.29 is 4.79 Å². The molecule has 0 saturated heterocycles. The Kier molecular flexibility index (Phi) is 2.83. The SMILES string of the molecule is Cc1ccc(C)n1C(=O)C1=C(Br)CCC1. The summed E-state index contributed by atoms with van der Waals surface area (Å²) in [5, 5.41) is 0. The van der Waals surface area contributed by atoms with Gasteiger partial charge in [0.1, 0.15) is 0 Å². The van der Waals surface area contributed by atoms with Gasteiger partial charge in [-0.15, -0.1) is 0 Å². The Morgan fingerprint density at radius 2 is 1.87 bits per heavy atom. The summed E-state index contributed by atoms with van der Waals surface area (Å²) in [6.45, 7) is 3.93. The fourth-order valence-corrected chi connectivity index (χ4v) is 2.70. The smallest absolute Gasteiger partial charge is 0.259 e. The summed E-state index contributed by atoms with van der Waals surface area (Å²) in [5.74, 6) is 0.138. The molecule has 0 aromatic carbocycles. The maximum absolute atomic E-state index is 12.2. The summed E-state index contributed by atoms with van der Waals surface area (Å²) in [5.41, 5.74) is 2.96. The molecular weight excluding hydrogens is 254 g/mol. The lowest BCUT2D eigenvalue weighted by Gasteiger charge is -2.08. The molecular formula is C12H14BrNO. The zero-order valence-electron chi connectivity index (χ0n) is 9.01. The van der Waals surface area contributed by atoms with Crippen molar-refractivity contribution in [1.82, 2.24) is 4.57 Å². The van der Waals surface area contributed by atoms with Crippen LogP contribution in [0.2, 0.25) is 0 Å². The summed E-state index contributed by atoms with van der Waals surface area (Å²) in [6, 6.07) is 3.97. The number of aromatic nitrogens is 1. The summed E-state index contributed by atoms with van der Waals surface area (Å²) in [7, 11) is 0. The topological polar surface area (TPSA) is 22.0 Å². The van der Waals surface area contributed by atoms with E-state index in [9.17, 15) is 4.79 Å². The third-order valence-corrected chi connectivity index (χ3v) is 3.76. The van der Waals surface area contributed by atoms with E-state index in [1.807, 2.05) is 26.0 Å². The molecule has 2 rings (SSSR count). The van der Waals surface area contributed by atoms with Crippen molar-refractivity contribution in [2.75, 3.05) is 0 Å². The first kappa shape index (κ1) is 10.7. The van der Waals surface area contributed by atoms with Crippen LogP contribution in [0.25, 0.3) is 0 Å². The Labute approximate surface area is 98.1 Å². The summed E-state index contributed by atoms with van der Waals surface area (Å²) >= 11 is 3.49. The van der Waals surface area contributed by atoms with Crippen molar-refractivity contribution in [3.63, 3.8) is 0 Å². The van der Waals surface area contributed by atoms with Gasteiger partial charge in [0.25, 0.3) is 5.91 Å². The monoisotopic (exact) mass is 267 g/mol. The van der Waals surface area contributed by atoms with Crippen LogP contribution in [0, 0.1) is 13.8 Å². The van der Waals surface area contributed by atoms with Crippen LogP contribution in [-0.4, -0.2) is 10.5 Å². The van der Waals surface area contributed by atoms with Gasteiger partial charge < -0.3 is 0 Å². The molecule has 0 unspecified atom stereocenters. The Hall–Kier alpha value is -0.830. The van der Waals surface area contributed by atoms with Crippen LogP contribution >= 0.6 is 15.9 Å². The van der Waals surface area contributed by atoms with E-state index in [1.165, 1.54) is 0 Å². The minimum absolute atomic E-state index is 0.138. The molecule has 0 radical (unpaired) electrons. The molecule has 2 nitrogen and oxygen atoms in total. The summed E-state index contributed by atoms with van der Waals surface area (Å²) in [4.78, 5) is 12.2. The highest BCUT2D eigenvalue weighted by molar-refractivity contribution is 9.11. The van der Waals surface area contributed by atoms with E-state index < -0.39 is 0 Å². The average Bonchev–Trinajstić information content (AvgIpc) is 2.73. The van der Waals surface area contributed by atoms with Gasteiger partial charge in [-0.2, -0.15) is 0 Å². The van der Waals surface area contributed by atoms with Crippen molar-refractivity contribution >= 4 is 21.8 Å². The molecule has 1 aromatic heterocycles. The molecule has 0 aliphatic heterocycles. The quantitative estimate of drug-likeness (QED) is 0.763. The number of hydrogen-bond donors (Lipinski definition) is 0. The highest BCUT2D eigenvalue weighted by atomic mass is 79.9. The van der Waals surface area contributed by atoms with Gasteiger partial charge in [-0.05, 0) is 45.2 Å². The lowest BCUT2D eigenvalue weighted by molar-refractivity contribution is 0.0948. The maximum atomic E-state index is 12.2. The van der Waals surface area contributed by atoms with Crippen LogP contribution in [-0.2, 0) is 0 Å². The normalized spacial score (nSPS) is 16.2. The molecule has 3 heteroatoms. The molecule has 0 fully saturated rings. The summed E-state index contributed by atoms with van der Waals surface area (Å²) in [6.07, 6.45) is 2.98. The number of nitrogens with zero attached hydrogens (tertiary/aromatic N) is 1. The number of hydrogen-bond acceptors (Lipinski definition) is 1. The average molecular weight is 268 g/mol. The zero-order chi connectivity index (χ0) is 11.0. The molecule has 1 aliphatic carbocycles. The Bertz CT molecular complexity index is 423. The lowest BCUT2D eigenvalue weighted by atomic mass is 10.2. The number of carbonyl (C=O) groups is 1. The molecule has 1 aliphatic rings. The second-order valence-corrected chi connectivity index (χ2v) is 4.95. The van der Waals surface area contributed by atoms with Crippen LogP contribution in [0.3, 0.4) is 0 Å². The zero-order valence-corrected chi connectivity index (χ0v) is 10.6. The third-order valence-electron chi connectivity index (χ3n) is 2.88. The molecule has 0 saturated carbocycles. The molecule has 1 aromatic rings. The first-order chi connectivity index (χ1) is 7.11. The van der Waals surface area contributed by atoms with Gasteiger partial charge in [0.2, 0.25) is 0 Å². The van der Waals surface area contributed by atoms with Gasteiger partial charge in [0.05, 0.1) is 0 Å². The largest absolute Gasteiger partial charge is 0.285 e. The Balaban J connectivity index is 2.41. The van der Waals surface area contributed by atoms with Crippen LogP contribution in [0.4, 0.5) is 0 Å². The van der Waals surface area contributed by atoms with E-state index in [-0.39, 0.29) is 5.91 Å². The second-order valence-electron chi connectivity index (χ2n) is 3.99. The first-order valence-corrected chi connectivity index (χ1v) is 5.97. The Morgan fingerprint density at radius 1 is 1.27 bits per heavy atom. The van der Waals surface area contributed by atoms with E-state index >= 15 is 0 Å². The van der Waals surface area contributed by atoms with Crippen molar-refractivity contribution in [2.45, 2.75) is 33.1 Å². The van der Waals surface area contributed by atoms with Crippen molar-refractivity contribution in [3.05, 3.63) is 33.6 Å². The van der Waals surface area contributed by atoms with E-state index in [2.05, 4.69) is 15.9 Å². The number of allylic oxidation sites excluding steroid dienone is 2. The van der Waals surface area contributed by atoms with Gasteiger partial charge in [0.15, 0.2) is 0 Å². The van der Waals surface area contributed by atoms with E-state index in [1.54, 1.807) is 4.57 Å². The van der Waals surface area contributed by atoms with E-state index in [0.29, 0.717) is 0 Å². The third kappa shape index (κ3) is 1.81. The fourth-order valence-electron chi connectivity index (χ4n) is 2.05. The number of rotatable bonds is 1. The predicted octanol–water partition coefficient (Wildman–Crippen LogP) is 3.58. The number of aryl methyl sites for hydroxylation is 2. The fraction of sp³-hybridized carbons (Fsp3) is 0.417. The summed E-state index contributed by atoms with van der Waals surface area (Å²) < 4.78 is 2.88. The highest BCUT2D eigenvalue weighted by Gasteiger charge is 2.22. The first-order valence-electron chi connectivity index (χ1n) is 5.18. The number of halogens is 1. The molecule has 0 amide bonds. The minimum Gasteiger partial charge on any atom is -0.285 e. The molecule has 0 spiro atoms. The minimum atomic E-state index is 0.138. The molecule has 1 heterocycles.